The molecule has 1 unspecified atom stereocenters. The van der Waals surface area contributed by atoms with Crippen molar-refractivity contribution >= 4 is 17.6 Å². The zero-order valence-corrected chi connectivity index (χ0v) is 15.3. The summed E-state index contributed by atoms with van der Waals surface area (Å²) in [6.45, 7) is 8.51. The zero-order valence-electron chi connectivity index (χ0n) is 14.6. The molecule has 1 aromatic carbocycles. The summed E-state index contributed by atoms with van der Waals surface area (Å²) in [5.41, 5.74) is 1.22. The van der Waals surface area contributed by atoms with E-state index < -0.39 is 11.4 Å². The zero-order chi connectivity index (χ0) is 18.5. The number of aryl methyl sites for hydroxylation is 1. The number of nitrogens with zero attached hydrogens (tertiary/aromatic N) is 1. The lowest BCUT2D eigenvalue weighted by Crippen LogP contribution is -2.35. The first kappa shape index (κ1) is 17.5. The van der Waals surface area contributed by atoms with Crippen LogP contribution < -0.4 is 10.2 Å². The van der Waals surface area contributed by atoms with Crippen LogP contribution in [0.1, 0.15) is 36.7 Å². The molecule has 1 aromatic heterocycles. The van der Waals surface area contributed by atoms with Gasteiger partial charge in [0.2, 0.25) is 0 Å². The average Bonchev–Trinajstić information content (AvgIpc) is 2.64. The van der Waals surface area contributed by atoms with E-state index in [0.717, 1.165) is 5.56 Å². The first-order chi connectivity index (χ1) is 11.6. The van der Waals surface area contributed by atoms with Crippen LogP contribution in [0.2, 0.25) is 5.02 Å². The second-order valence-electron chi connectivity index (χ2n) is 7.46. The second kappa shape index (κ2) is 5.92. The average molecular weight is 362 g/mol. The molecule has 132 valence electrons. The molecule has 0 amide bonds. The molecular weight excluding hydrogens is 342 g/mol. The molecule has 6 heteroatoms. The minimum Gasteiger partial charge on any atom is -0.487 e. The van der Waals surface area contributed by atoms with Gasteiger partial charge in [-0.15, -0.1) is 0 Å². The van der Waals surface area contributed by atoms with Crippen LogP contribution in [-0.4, -0.2) is 21.7 Å². The van der Waals surface area contributed by atoms with Crippen LogP contribution in [0.5, 0.6) is 5.75 Å². The van der Waals surface area contributed by atoms with Gasteiger partial charge in [0.05, 0.1) is 12.2 Å². The number of ether oxygens (including phenoxy) is 1. The highest BCUT2D eigenvalue weighted by Crippen LogP contribution is 2.39. The SMILES string of the molecule is Cc1cc2c(cc1Cl)-c1cc(=O)c(C(=O)O)cn1CC(C(C)(C)C)O2. The first-order valence-corrected chi connectivity index (χ1v) is 8.40. The molecule has 0 radical (unpaired) electrons. The Morgan fingerprint density at radius 2 is 2.00 bits per heavy atom. The molecule has 1 aliphatic heterocycles. The lowest BCUT2D eigenvalue weighted by Gasteiger charge is -2.30. The summed E-state index contributed by atoms with van der Waals surface area (Å²) in [7, 11) is 0. The standard InChI is InChI=1S/C19H20ClNO4/c1-10-5-16-11(6-13(10)20)14-7-15(22)12(18(23)24)8-21(14)9-17(25-16)19(2,3)4/h5-8,17H,9H2,1-4H3,(H,23,24). The molecule has 2 aromatic rings. The van der Waals surface area contributed by atoms with Gasteiger partial charge in [-0.25, -0.2) is 4.79 Å². The smallest absolute Gasteiger partial charge is 0.341 e. The highest BCUT2D eigenvalue weighted by atomic mass is 35.5. The maximum Gasteiger partial charge on any atom is 0.341 e. The topological polar surface area (TPSA) is 68.5 Å². The molecule has 0 spiro atoms. The number of pyridine rings is 1. The van der Waals surface area contributed by atoms with Gasteiger partial charge in [-0.1, -0.05) is 32.4 Å². The summed E-state index contributed by atoms with van der Waals surface area (Å²) < 4.78 is 8.03. The Hall–Kier alpha value is -2.27. The summed E-state index contributed by atoms with van der Waals surface area (Å²) in [5, 5.41) is 9.84. The van der Waals surface area contributed by atoms with Crippen molar-refractivity contribution in [3.8, 4) is 17.0 Å². The minimum atomic E-state index is -1.24. The van der Waals surface area contributed by atoms with E-state index in [1.165, 1.54) is 12.3 Å². The number of halogens is 1. The molecule has 0 saturated carbocycles. The number of rotatable bonds is 1. The lowest BCUT2D eigenvalue weighted by atomic mass is 9.89. The molecule has 5 nitrogen and oxygen atoms in total. The molecular formula is C19H20ClNO4. The normalized spacial score (nSPS) is 16.4. The van der Waals surface area contributed by atoms with E-state index in [0.29, 0.717) is 28.6 Å². The van der Waals surface area contributed by atoms with E-state index in [1.54, 1.807) is 10.6 Å². The van der Waals surface area contributed by atoms with Crippen LogP contribution in [0.15, 0.2) is 29.2 Å². The summed E-state index contributed by atoms with van der Waals surface area (Å²) in [6, 6.07) is 4.98. The number of benzene rings is 1. The highest BCUT2D eigenvalue weighted by Gasteiger charge is 2.32. The second-order valence-corrected chi connectivity index (χ2v) is 7.87. The Balaban J connectivity index is 2.32. The van der Waals surface area contributed by atoms with Gasteiger partial charge in [-0.05, 0) is 24.6 Å². The molecule has 1 N–H and O–H groups in total. The van der Waals surface area contributed by atoms with Crippen molar-refractivity contribution in [3.05, 3.63) is 50.8 Å². The first-order valence-electron chi connectivity index (χ1n) is 8.03. The van der Waals surface area contributed by atoms with Crippen molar-refractivity contribution in [2.24, 2.45) is 5.41 Å². The fraction of sp³-hybridized carbons (Fsp3) is 0.368. The van der Waals surface area contributed by atoms with Crippen LogP contribution in [0, 0.1) is 12.3 Å². The number of fused-ring (bicyclic) bond motifs is 3. The van der Waals surface area contributed by atoms with Crippen LogP contribution in [0.25, 0.3) is 11.3 Å². The minimum absolute atomic E-state index is 0.182. The molecule has 0 fully saturated rings. The van der Waals surface area contributed by atoms with Crippen LogP contribution >= 0.6 is 11.6 Å². The van der Waals surface area contributed by atoms with E-state index in [2.05, 4.69) is 20.8 Å². The predicted octanol–water partition coefficient (Wildman–Crippen LogP) is 3.98. The molecule has 2 heterocycles. The monoisotopic (exact) mass is 361 g/mol. The van der Waals surface area contributed by atoms with Crippen LogP contribution in [0.3, 0.4) is 0 Å². The highest BCUT2D eigenvalue weighted by molar-refractivity contribution is 6.31. The molecule has 25 heavy (non-hydrogen) atoms. The summed E-state index contributed by atoms with van der Waals surface area (Å²) in [6.07, 6.45) is 1.20. The maximum absolute atomic E-state index is 12.2. The van der Waals surface area contributed by atoms with Gasteiger partial charge >= 0.3 is 5.97 Å². The Morgan fingerprint density at radius 1 is 1.32 bits per heavy atom. The third-order valence-electron chi connectivity index (χ3n) is 4.49. The van der Waals surface area contributed by atoms with Gasteiger partial charge in [0.25, 0.3) is 0 Å². The molecule has 1 atom stereocenters. The van der Waals surface area contributed by atoms with Gasteiger partial charge < -0.3 is 14.4 Å². The lowest BCUT2D eigenvalue weighted by molar-refractivity contribution is 0.0687. The predicted molar refractivity (Wildman–Crippen MR) is 96.7 cm³/mol. The number of hydrogen-bond acceptors (Lipinski definition) is 3. The summed E-state index contributed by atoms with van der Waals surface area (Å²) in [5.74, 6) is -0.588. The summed E-state index contributed by atoms with van der Waals surface area (Å²) >= 11 is 6.28. The fourth-order valence-corrected chi connectivity index (χ4v) is 3.05. The van der Waals surface area contributed by atoms with E-state index >= 15 is 0 Å². The number of carboxylic acids is 1. The molecule has 0 saturated heterocycles. The number of hydrogen-bond donors (Lipinski definition) is 1. The Kier molecular flexibility index (Phi) is 4.15. The van der Waals surface area contributed by atoms with Crippen LogP contribution in [0.4, 0.5) is 0 Å². The van der Waals surface area contributed by atoms with Crippen molar-refractivity contribution in [2.45, 2.75) is 40.3 Å². The third-order valence-corrected chi connectivity index (χ3v) is 4.90. The molecule has 3 rings (SSSR count). The fourth-order valence-electron chi connectivity index (χ4n) is 2.89. The number of aromatic carboxylic acids is 1. The van der Waals surface area contributed by atoms with Crippen molar-refractivity contribution in [3.63, 3.8) is 0 Å². The van der Waals surface area contributed by atoms with Gasteiger partial charge in [0, 0.05) is 28.3 Å². The van der Waals surface area contributed by atoms with Gasteiger partial charge in [0.15, 0.2) is 5.43 Å². The molecule has 0 aliphatic carbocycles. The quantitative estimate of drug-likeness (QED) is 0.834. The van der Waals surface area contributed by atoms with Gasteiger partial charge in [-0.3, -0.25) is 4.79 Å². The molecule has 0 bridgehead atoms. The van der Waals surface area contributed by atoms with Crippen molar-refractivity contribution in [1.29, 1.82) is 0 Å². The third kappa shape index (κ3) is 3.16. The van der Waals surface area contributed by atoms with E-state index in [1.807, 2.05) is 13.0 Å². The number of carbonyl (C=O) groups is 1. The van der Waals surface area contributed by atoms with Crippen molar-refractivity contribution in [1.82, 2.24) is 4.57 Å². The van der Waals surface area contributed by atoms with Crippen molar-refractivity contribution in [2.75, 3.05) is 0 Å². The maximum atomic E-state index is 12.2. The Morgan fingerprint density at radius 3 is 2.60 bits per heavy atom. The van der Waals surface area contributed by atoms with E-state index in [-0.39, 0.29) is 17.1 Å². The van der Waals surface area contributed by atoms with Crippen molar-refractivity contribution < 1.29 is 14.6 Å². The van der Waals surface area contributed by atoms with Gasteiger partial charge in [0.1, 0.15) is 17.4 Å². The number of carboxylic acid groups (broad SMARTS) is 1. The van der Waals surface area contributed by atoms with E-state index in [9.17, 15) is 14.7 Å². The Labute approximate surface area is 150 Å². The van der Waals surface area contributed by atoms with E-state index in [4.69, 9.17) is 16.3 Å². The summed E-state index contributed by atoms with van der Waals surface area (Å²) in [4.78, 5) is 23.6. The van der Waals surface area contributed by atoms with Crippen LogP contribution in [-0.2, 0) is 6.54 Å². The molecule has 1 aliphatic rings. The van der Waals surface area contributed by atoms with Gasteiger partial charge in [-0.2, -0.15) is 0 Å². The number of aromatic nitrogens is 1. The largest absolute Gasteiger partial charge is 0.487 e. The Bertz CT molecular complexity index is 924.